The van der Waals surface area contributed by atoms with E-state index in [0.29, 0.717) is 59.1 Å². The number of carboxylic acid groups (broad SMARTS) is 5. The second-order valence-electron chi connectivity index (χ2n) is 14.9. The van der Waals surface area contributed by atoms with Gasteiger partial charge >= 0.3 is 29.8 Å². The number of carbonyl (C=O) groups is 8. The first-order valence-electron chi connectivity index (χ1n) is 23.5. The van der Waals surface area contributed by atoms with Gasteiger partial charge in [0, 0.05) is 31.3 Å². The number of nitrogens with zero attached hydrogens (tertiary/aromatic N) is 27. The highest BCUT2D eigenvalue weighted by Crippen LogP contribution is 2.17. The summed E-state index contributed by atoms with van der Waals surface area (Å²) in [5.74, 6) is -7.24. The lowest BCUT2D eigenvalue weighted by Gasteiger charge is -2.22. The number of aliphatic hydroxyl groups excluding tert-OH is 4. The predicted octanol–water partition coefficient (Wildman–Crippen LogP) is -11.6. The van der Waals surface area contributed by atoms with Gasteiger partial charge in [0.05, 0.1) is 30.8 Å². The minimum Gasteiger partial charge on any atom is -0.481 e. The highest BCUT2D eigenvalue weighted by molar-refractivity contribution is 7.99. The molecule has 95 heavy (non-hydrogen) atoms. The third kappa shape index (κ3) is 39.7. The van der Waals surface area contributed by atoms with E-state index in [1.165, 1.54) is 0 Å². The van der Waals surface area contributed by atoms with Crippen LogP contribution in [0, 0.1) is 0 Å². The minimum absolute atomic E-state index is 0.0382. The van der Waals surface area contributed by atoms with Crippen LogP contribution in [0.15, 0.2) is 10.3 Å². The Bertz CT molecular complexity index is 3260. The largest absolute Gasteiger partial charge is 0.481 e. The van der Waals surface area contributed by atoms with E-state index >= 15 is 0 Å². The normalized spacial score (nSPS) is 11.5. The Hall–Kier alpha value is -12.0. The summed E-state index contributed by atoms with van der Waals surface area (Å²) in [6.45, 7) is 0. The highest BCUT2D eigenvalue weighted by atomic mass is 32.2. The van der Waals surface area contributed by atoms with Gasteiger partial charge in [-0.25, -0.2) is 15.3 Å². The Morgan fingerprint density at radius 2 is 0.916 bits per heavy atom. The van der Waals surface area contributed by atoms with Crippen molar-refractivity contribution in [2.24, 2.45) is 17.2 Å². The lowest BCUT2D eigenvalue weighted by molar-refractivity contribution is -0.432. The Balaban J connectivity index is 0.000000538. The molecule has 518 valence electrons. The smallest absolute Gasteiger partial charge is 0.335 e. The van der Waals surface area contributed by atoms with E-state index in [9.17, 15) is 53.7 Å². The fourth-order valence-electron chi connectivity index (χ4n) is 4.37. The van der Waals surface area contributed by atoms with Crippen LogP contribution in [0.4, 0.5) is 0 Å². The molecule has 62 nitrogen and oxygen atoms in total. The summed E-state index contributed by atoms with van der Waals surface area (Å²) >= 11 is 2.51. The van der Waals surface area contributed by atoms with Crippen molar-refractivity contribution in [2.75, 3.05) is 5.75 Å². The fraction of sp³-hybridized carbons (Fsp3) is 0.433. The lowest BCUT2D eigenvalue weighted by atomic mass is 10.0. The number of carboxylic acids is 5. The van der Waals surface area contributed by atoms with Crippen LogP contribution < -0.4 is 17.2 Å². The Morgan fingerprint density at radius 3 is 1.31 bits per heavy atom. The van der Waals surface area contributed by atoms with Crippen molar-refractivity contribution in [1.82, 2.24) is 186 Å². The van der Waals surface area contributed by atoms with Gasteiger partial charge in [-0.1, -0.05) is 58.2 Å². The average Bonchev–Trinajstić information content (AvgIpc) is 2.02. The monoisotopic (exact) mass is 1420 g/mol. The lowest BCUT2D eigenvalue weighted by Crippen LogP contribution is -2.45. The van der Waals surface area contributed by atoms with Gasteiger partial charge in [0.1, 0.15) is 36.3 Å². The molecule has 65 heteroatoms. The molecule has 9 aromatic heterocycles. The zero-order chi connectivity index (χ0) is 70.8. The number of primary amides is 3. The molecule has 0 aliphatic rings. The summed E-state index contributed by atoms with van der Waals surface area (Å²) in [5.41, 5.74) is 14.4. The second kappa shape index (κ2) is 48.8. The summed E-state index contributed by atoms with van der Waals surface area (Å²) in [4.78, 5) is 81.6. The topological polar surface area (TPSA) is 964 Å². The van der Waals surface area contributed by atoms with Crippen LogP contribution in [-0.2, 0) is 77.3 Å². The summed E-state index contributed by atoms with van der Waals surface area (Å²) in [6, 6.07) is 0. The summed E-state index contributed by atoms with van der Waals surface area (Å²) in [6.07, 6.45) is -7.46. The maximum Gasteiger partial charge on any atom is 0.335 e. The van der Waals surface area contributed by atoms with Crippen LogP contribution in [-0.4, -0.2) is 314 Å². The molecule has 0 fully saturated rings. The van der Waals surface area contributed by atoms with Gasteiger partial charge in [-0.3, -0.25) is 33.6 Å². The zero-order valence-corrected chi connectivity index (χ0v) is 48.8. The van der Waals surface area contributed by atoms with Crippen LogP contribution in [0.25, 0.3) is 0 Å². The average molecular weight is 1420 g/mol. The number of nitrogens with one attached hydrogen (secondary N) is 9. The third-order valence-corrected chi connectivity index (χ3v) is 10.0. The van der Waals surface area contributed by atoms with Gasteiger partial charge in [0.15, 0.2) is 35.2 Å². The number of H-pyrrole nitrogens is 9. The Kier molecular flexibility index (Phi) is 41.7. The molecule has 5 unspecified atom stereocenters. The Morgan fingerprint density at radius 1 is 0.453 bits per heavy atom. The van der Waals surface area contributed by atoms with E-state index < -0.39 is 78.4 Å². The summed E-state index contributed by atoms with van der Waals surface area (Å²) in [7, 11) is 0. The van der Waals surface area contributed by atoms with Crippen LogP contribution in [0.2, 0.25) is 0 Å². The van der Waals surface area contributed by atoms with Crippen molar-refractivity contribution in [3.05, 3.63) is 40.8 Å². The first kappa shape index (κ1) is 81.1. The zero-order valence-electron chi connectivity index (χ0n) is 46.4. The molecule has 3 amide bonds. The fourth-order valence-corrected chi connectivity index (χ4v) is 5.39. The number of nitrogens with two attached hydrogens (primary N) is 3. The van der Waals surface area contributed by atoms with Crippen molar-refractivity contribution < 1.29 is 114 Å². The molecule has 9 aromatic rings. The van der Waals surface area contributed by atoms with Gasteiger partial charge in [0.2, 0.25) is 22.8 Å². The van der Waals surface area contributed by atoms with Gasteiger partial charge in [-0.05, 0) is 15.6 Å². The molecule has 9 heterocycles. The van der Waals surface area contributed by atoms with E-state index in [1.54, 1.807) is 0 Å². The highest BCUT2D eigenvalue weighted by Gasteiger charge is 2.36. The van der Waals surface area contributed by atoms with Crippen molar-refractivity contribution in [3.8, 4) is 0 Å². The first-order chi connectivity index (χ1) is 45.4. The van der Waals surface area contributed by atoms with Gasteiger partial charge in [-0.15, -0.1) is 95.3 Å². The number of aliphatic carboxylic acids is 5. The van der Waals surface area contributed by atoms with Crippen LogP contribution in [0.1, 0.15) is 76.8 Å². The number of aryl methyl sites for hydroxylation is 2. The SMILES string of the molecule is NC(=O)CCc1nn[nH]n1.NC(=O)Cc1nn[nH]n1.NC(=O)c1nn[nH]n1.O=C(O)C(O)C(O)C(O)C(O)c1nn[nH]n1.O=C(O)CC(C(=O)O)c1nn[nH]n1.O=C(O)CCc1nn[nH]n1.O=C(O)CSc1nn[nH]n1.OOOSCc1nn[nH]n1.OOOSc1nn[nH]n1. The van der Waals surface area contributed by atoms with Crippen LogP contribution >= 0.6 is 35.8 Å². The van der Waals surface area contributed by atoms with E-state index in [0.717, 1.165) is 23.8 Å². The Labute approximate surface area is 530 Å². The number of thioether (sulfide) groups is 1. The van der Waals surface area contributed by atoms with E-state index in [4.69, 9.17) is 58.4 Å². The molecule has 0 bridgehead atoms. The number of rotatable bonds is 28. The molecule has 5 atom stereocenters. The number of hydrogen-bond donors (Lipinski definition) is 23. The molecule has 26 N–H and O–H groups in total. The van der Waals surface area contributed by atoms with Crippen molar-refractivity contribution in [2.45, 2.75) is 84.9 Å². The molecule has 9 rings (SSSR count). The molecule has 0 aromatic carbocycles. The number of hydrogen-bond acceptors (Lipinski definition) is 48. The maximum absolute atomic E-state index is 10.5. The maximum atomic E-state index is 10.5. The van der Waals surface area contributed by atoms with E-state index in [-0.39, 0.29) is 53.6 Å². The first-order valence-corrected chi connectivity index (χ1v) is 26.1. The molecule has 0 aliphatic carbocycles. The molecule has 0 spiro atoms. The minimum atomic E-state index is -2.23. The summed E-state index contributed by atoms with van der Waals surface area (Å²) in [5, 5.41) is 212. The standard InChI is InChI=1S/C6H10N4O6.C5H6N4O4.C4H7N5O.C4H6N4O2.C3H5N5O.C3H4N4O2S.C2H3N5O.C2H4N4O3S.CH2N4O3S/c11-1(2(12)4(14)6(15)16)3(13)5-7-9-10-8-5;10-3(11)1-2(5(12)13)4-6-8-9-7-4;5-3(10)1-2-4-6-8-9-7-4;9-4(10)2-1-3-5-7-8-6-3;4-2(9)1-3-5-7-8-6-3;8-2(9)1-10-3-4-6-7-5-3;3-1(8)2-4-6-7-5-2;7-8-9-10-1-2-3-5-6-4-2;6-7-8-9-1-2-4-5-3-1/h1-4,11-14H,(H,15,16)(H,7,8,9,10);2H,1H2,(H,10,11)(H,12,13)(H,6,7,8,9);1-2H2,(H2,5,10)(H,6,7,8,9);1-2H2,(H,9,10)(H,5,6,7,8);1H2,(H2,4,9)(H,5,6,7,8);1H2,(H,8,9)(H,4,5,6,7);(H2,3,8)(H,4,5,6,7);7H,1H2,(H,3,4,5,6);6H,(H,2,3,4,5). The molecular weight excluding hydrogens is 1370 g/mol. The number of aliphatic hydroxyl groups is 4. The third-order valence-electron chi connectivity index (χ3n) is 8.22. The molecule has 0 aliphatic heterocycles. The number of amides is 3. The quantitative estimate of drug-likeness (QED) is 0.00712. The van der Waals surface area contributed by atoms with Gasteiger partial charge < -0.3 is 63.2 Å². The number of aromatic amines is 9. The van der Waals surface area contributed by atoms with Crippen LogP contribution in [0.5, 0.6) is 0 Å². The predicted molar refractivity (Wildman–Crippen MR) is 281 cm³/mol. The number of tetrazole rings is 9. The number of carbonyl (C=O) groups excluding carboxylic acids is 3. The molecule has 0 saturated heterocycles. The summed E-state index contributed by atoms with van der Waals surface area (Å²) < 4.78 is 8.02. The van der Waals surface area contributed by atoms with E-state index in [2.05, 4.69) is 199 Å². The van der Waals surface area contributed by atoms with E-state index in [1.807, 2.05) is 5.21 Å². The second-order valence-corrected chi connectivity index (χ2v) is 17.1. The molecule has 0 radical (unpaired) electrons. The number of aromatic nitrogens is 36. The van der Waals surface area contributed by atoms with Crippen molar-refractivity contribution in [3.63, 3.8) is 0 Å². The van der Waals surface area contributed by atoms with Gasteiger partial charge in [0.25, 0.3) is 16.9 Å². The molecular formula is C30H47N39O23S3. The van der Waals surface area contributed by atoms with Crippen molar-refractivity contribution >= 4 is 83.4 Å². The molecule has 0 saturated carbocycles. The van der Waals surface area contributed by atoms with Crippen LogP contribution in [0.3, 0.4) is 0 Å². The van der Waals surface area contributed by atoms with Crippen molar-refractivity contribution in [1.29, 1.82) is 0 Å². The van der Waals surface area contributed by atoms with Gasteiger partial charge in [-0.2, -0.15) is 46.9 Å².